The van der Waals surface area contributed by atoms with E-state index in [1.54, 1.807) is 6.08 Å². The van der Waals surface area contributed by atoms with Crippen molar-refractivity contribution in [2.24, 2.45) is 5.73 Å². The molecule has 1 heterocycles. The fraction of sp³-hybridized carbons (Fsp3) is 0.143. The van der Waals surface area contributed by atoms with Crippen molar-refractivity contribution in [3.63, 3.8) is 0 Å². The second kappa shape index (κ2) is 3.56. The van der Waals surface area contributed by atoms with Gasteiger partial charge in [-0.3, -0.25) is 9.78 Å². The topological polar surface area (TPSA) is 91.7 Å². The van der Waals surface area contributed by atoms with Crippen molar-refractivity contribution in [1.82, 2.24) is 9.97 Å². The Morgan fingerprint density at radius 1 is 1.50 bits per heavy atom. The van der Waals surface area contributed by atoms with Crippen LogP contribution < -0.4 is 17.0 Å². The zero-order chi connectivity index (χ0) is 8.97. The van der Waals surface area contributed by atoms with E-state index < -0.39 is 5.69 Å². The Morgan fingerprint density at radius 3 is 2.83 bits per heavy atom. The van der Waals surface area contributed by atoms with Crippen LogP contribution in [0.5, 0.6) is 0 Å². The van der Waals surface area contributed by atoms with E-state index in [9.17, 15) is 9.59 Å². The van der Waals surface area contributed by atoms with Gasteiger partial charge in [-0.25, -0.2) is 4.79 Å². The molecule has 64 valence electrons. The fourth-order valence-electron chi connectivity index (χ4n) is 0.784. The van der Waals surface area contributed by atoms with Crippen LogP contribution in [0.3, 0.4) is 0 Å². The molecule has 0 spiro atoms. The van der Waals surface area contributed by atoms with Crippen molar-refractivity contribution in [2.45, 2.75) is 6.42 Å². The Labute approximate surface area is 67.9 Å². The molecule has 0 aliphatic rings. The van der Waals surface area contributed by atoms with Crippen molar-refractivity contribution in [3.8, 4) is 0 Å². The molecule has 1 aromatic heterocycles. The number of H-pyrrole nitrogens is 2. The monoisotopic (exact) mass is 167 g/mol. The Bertz CT molecular complexity index is 388. The van der Waals surface area contributed by atoms with E-state index in [4.69, 9.17) is 5.73 Å². The summed E-state index contributed by atoms with van der Waals surface area (Å²) in [5, 5.41) is 0. The molecule has 0 amide bonds. The molecule has 0 atom stereocenters. The summed E-state index contributed by atoms with van der Waals surface area (Å²) in [5.41, 5.74) is 4.70. The largest absolute Gasteiger partial charge is 0.405 e. The molecule has 1 aromatic rings. The maximum absolute atomic E-state index is 11.0. The van der Waals surface area contributed by atoms with Gasteiger partial charge in [-0.15, -0.1) is 0 Å². The van der Waals surface area contributed by atoms with Gasteiger partial charge in [0.2, 0.25) is 0 Å². The van der Waals surface area contributed by atoms with Gasteiger partial charge in [-0.05, 0) is 12.6 Å². The highest BCUT2D eigenvalue weighted by molar-refractivity contribution is 5.07. The standard InChI is InChI=1S/C7H9N3O2/c8-3-1-2-5-4-9-7(12)10-6(5)11/h1,3-4H,2,8H2,(H2,9,10,11,12). The molecule has 1 rings (SSSR count). The van der Waals surface area contributed by atoms with Crippen molar-refractivity contribution in [2.75, 3.05) is 0 Å². The Morgan fingerprint density at radius 2 is 2.25 bits per heavy atom. The van der Waals surface area contributed by atoms with Crippen LogP contribution in [0.2, 0.25) is 0 Å². The van der Waals surface area contributed by atoms with E-state index in [0.717, 1.165) is 0 Å². The highest BCUT2D eigenvalue weighted by Crippen LogP contribution is 1.86. The summed E-state index contributed by atoms with van der Waals surface area (Å²) >= 11 is 0. The van der Waals surface area contributed by atoms with Crippen molar-refractivity contribution in [3.05, 3.63) is 44.9 Å². The van der Waals surface area contributed by atoms with Gasteiger partial charge in [-0.1, -0.05) is 6.08 Å². The lowest BCUT2D eigenvalue weighted by molar-refractivity contribution is 0.984. The van der Waals surface area contributed by atoms with Crippen LogP contribution in [0, 0.1) is 0 Å². The maximum atomic E-state index is 11.0. The molecule has 0 aromatic carbocycles. The predicted molar refractivity (Wildman–Crippen MR) is 44.7 cm³/mol. The lowest BCUT2D eigenvalue weighted by atomic mass is 10.2. The number of aromatic amines is 2. The minimum Gasteiger partial charge on any atom is -0.405 e. The van der Waals surface area contributed by atoms with E-state index >= 15 is 0 Å². The third-order valence-electron chi connectivity index (χ3n) is 1.37. The van der Waals surface area contributed by atoms with Crippen LogP contribution in [0.15, 0.2) is 28.1 Å². The van der Waals surface area contributed by atoms with Crippen LogP contribution in [0.25, 0.3) is 0 Å². The molecule has 0 saturated carbocycles. The summed E-state index contributed by atoms with van der Waals surface area (Å²) in [6.45, 7) is 0. The van der Waals surface area contributed by atoms with Gasteiger partial charge < -0.3 is 10.7 Å². The van der Waals surface area contributed by atoms with Gasteiger partial charge in [-0.2, -0.15) is 0 Å². The Hall–Kier alpha value is -1.78. The lowest BCUT2D eigenvalue weighted by Crippen LogP contribution is -2.24. The smallest absolute Gasteiger partial charge is 0.325 e. The number of aromatic nitrogens is 2. The van der Waals surface area contributed by atoms with E-state index in [0.29, 0.717) is 12.0 Å². The molecule has 0 bridgehead atoms. The number of allylic oxidation sites excluding steroid dienone is 1. The number of nitrogens with one attached hydrogen (secondary N) is 2. The predicted octanol–water partition coefficient (Wildman–Crippen LogP) is -0.922. The lowest BCUT2D eigenvalue weighted by Gasteiger charge is -1.91. The van der Waals surface area contributed by atoms with Gasteiger partial charge in [0.15, 0.2) is 0 Å². The fourth-order valence-corrected chi connectivity index (χ4v) is 0.784. The van der Waals surface area contributed by atoms with Crippen molar-refractivity contribution >= 4 is 0 Å². The summed E-state index contributed by atoms with van der Waals surface area (Å²) in [6.07, 6.45) is 4.78. The molecule has 12 heavy (non-hydrogen) atoms. The molecule has 0 saturated heterocycles. The van der Waals surface area contributed by atoms with Crippen molar-refractivity contribution < 1.29 is 0 Å². The number of rotatable bonds is 2. The summed E-state index contributed by atoms with van der Waals surface area (Å²) in [5.74, 6) is 0. The summed E-state index contributed by atoms with van der Waals surface area (Å²) in [6, 6.07) is 0. The van der Waals surface area contributed by atoms with Gasteiger partial charge in [0.05, 0.1) is 0 Å². The SMILES string of the molecule is NC=CCc1c[nH]c(=O)[nH]c1=O. The van der Waals surface area contributed by atoms with Crippen LogP contribution in [0.4, 0.5) is 0 Å². The summed E-state index contributed by atoms with van der Waals surface area (Å²) < 4.78 is 0. The van der Waals surface area contributed by atoms with Gasteiger partial charge >= 0.3 is 5.69 Å². The quantitative estimate of drug-likeness (QED) is 0.531. The molecule has 0 fully saturated rings. The van der Waals surface area contributed by atoms with E-state index in [-0.39, 0.29) is 5.56 Å². The zero-order valence-electron chi connectivity index (χ0n) is 6.33. The van der Waals surface area contributed by atoms with Gasteiger partial charge in [0.25, 0.3) is 5.56 Å². The first-order valence-electron chi connectivity index (χ1n) is 3.41. The average Bonchev–Trinajstić information content (AvgIpc) is 2.03. The molecule has 0 aliphatic heterocycles. The highest BCUT2D eigenvalue weighted by atomic mass is 16.2. The second-order valence-electron chi connectivity index (χ2n) is 2.23. The molecule has 0 radical (unpaired) electrons. The summed E-state index contributed by atoms with van der Waals surface area (Å²) in [4.78, 5) is 26.0. The molecule has 5 heteroatoms. The van der Waals surface area contributed by atoms with Crippen molar-refractivity contribution in [1.29, 1.82) is 0 Å². The number of hydrogen-bond donors (Lipinski definition) is 3. The van der Waals surface area contributed by atoms with Crippen LogP contribution in [-0.4, -0.2) is 9.97 Å². The Balaban J connectivity index is 3.02. The van der Waals surface area contributed by atoms with E-state index in [1.807, 2.05) is 0 Å². The second-order valence-corrected chi connectivity index (χ2v) is 2.23. The first-order chi connectivity index (χ1) is 5.74. The third-order valence-corrected chi connectivity index (χ3v) is 1.37. The zero-order valence-corrected chi connectivity index (χ0v) is 6.33. The van der Waals surface area contributed by atoms with E-state index in [1.165, 1.54) is 12.4 Å². The van der Waals surface area contributed by atoms with E-state index in [2.05, 4.69) is 9.97 Å². The molecule has 0 aliphatic carbocycles. The minimum atomic E-state index is -0.500. The Kier molecular flexibility index (Phi) is 2.47. The average molecular weight is 167 g/mol. The molecule has 4 N–H and O–H groups in total. The van der Waals surface area contributed by atoms with Crippen LogP contribution >= 0.6 is 0 Å². The minimum absolute atomic E-state index is 0.378. The molecular formula is C7H9N3O2. The van der Waals surface area contributed by atoms with Gasteiger partial charge in [0, 0.05) is 11.8 Å². The number of hydrogen-bond acceptors (Lipinski definition) is 3. The molecule has 5 nitrogen and oxygen atoms in total. The summed E-state index contributed by atoms with van der Waals surface area (Å²) in [7, 11) is 0. The first kappa shape index (κ1) is 8.32. The molecular weight excluding hydrogens is 158 g/mol. The van der Waals surface area contributed by atoms with Gasteiger partial charge in [0.1, 0.15) is 0 Å². The normalized spacial score (nSPS) is 10.7. The van der Waals surface area contributed by atoms with Crippen LogP contribution in [0.1, 0.15) is 5.56 Å². The molecule has 0 unspecified atom stereocenters. The highest BCUT2D eigenvalue weighted by Gasteiger charge is 1.95. The maximum Gasteiger partial charge on any atom is 0.325 e. The van der Waals surface area contributed by atoms with Crippen LogP contribution in [-0.2, 0) is 6.42 Å². The third kappa shape index (κ3) is 1.85. The first-order valence-corrected chi connectivity index (χ1v) is 3.41. The number of nitrogens with two attached hydrogens (primary N) is 1.